The molecule has 1 aromatic heterocycles. The van der Waals surface area contributed by atoms with E-state index in [9.17, 15) is 9.59 Å². The summed E-state index contributed by atoms with van der Waals surface area (Å²) in [4.78, 5) is 30.2. The topological polar surface area (TPSA) is 65.5 Å². The summed E-state index contributed by atoms with van der Waals surface area (Å²) in [6, 6.07) is 9.26. The lowest BCUT2D eigenvalue weighted by Crippen LogP contribution is -2.41. The number of Topliss-reactive ketones (excluding diaryl/α,β-unsaturated/α-hetero) is 1. The van der Waals surface area contributed by atoms with E-state index in [1.54, 1.807) is 18.5 Å². The molecule has 5 nitrogen and oxygen atoms in total. The van der Waals surface area contributed by atoms with Gasteiger partial charge in [0.15, 0.2) is 14.1 Å². The van der Waals surface area contributed by atoms with Gasteiger partial charge in [0.05, 0.1) is 7.11 Å². The Morgan fingerprint density at radius 3 is 2.42 bits per heavy atom. The van der Waals surface area contributed by atoms with Gasteiger partial charge in [-0.25, -0.2) is 0 Å². The minimum atomic E-state index is -1.81. The zero-order valence-electron chi connectivity index (χ0n) is 19.8. The van der Waals surface area contributed by atoms with Gasteiger partial charge in [-0.2, -0.15) is 0 Å². The van der Waals surface area contributed by atoms with E-state index in [1.165, 1.54) is 7.11 Å². The number of hydrogen-bond acceptors (Lipinski definition) is 5. The summed E-state index contributed by atoms with van der Waals surface area (Å²) in [5, 5.41) is 0.159. The lowest BCUT2D eigenvalue weighted by Gasteiger charge is -2.36. The number of rotatable bonds is 9. The summed E-state index contributed by atoms with van der Waals surface area (Å²) in [6.45, 7) is 13.7. The second kappa shape index (κ2) is 10.3. The van der Waals surface area contributed by atoms with E-state index < -0.39 is 20.2 Å². The van der Waals surface area contributed by atoms with Crippen molar-refractivity contribution in [1.29, 1.82) is 0 Å². The Morgan fingerprint density at radius 2 is 1.81 bits per heavy atom. The van der Waals surface area contributed by atoms with Gasteiger partial charge in [-0.1, -0.05) is 45.0 Å². The molecule has 0 radical (unpaired) electrons. The maximum Gasteiger partial charge on any atom is 0.321 e. The molecule has 0 saturated carbocycles. The molecule has 0 N–H and O–H groups in total. The molecule has 0 bridgehead atoms. The molecule has 31 heavy (non-hydrogen) atoms. The predicted molar refractivity (Wildman–Crippen MR) is 126 cm³/mol. The minimum Gasteiger partial charge on any atom is -0.468 e. The second-order valence-electron chi connectivity index (χ2n) is 9.42. The number of aryl methyl sites for hydroxylation is 2. The van der Waals surface area contributed by atoms with Crippen LogP contribution < -0.4 is 0 Å². The summed E-state index contributed by atoms with van der Waals surface area (Å²) >= 11 is 0. The number of carbonyl (C=O) groups excluding carboxylic acids is 2. The highest BCUT2D eigenvalue weighted by atomic mass is 28.4. The zero-order chi connectivity index (χ0) is 23.2. The summed E-state index contributed by atoms with van der Waals surface area (Å²) < 4.78 is 11.2. The zero-order valence-corrected chi connectivity index (χ0v) is 20.8. The minimum absolute atomic E-state index is 0.159. The van der Waals surface area contributed by atoms with Crippen LogP contribution in [0.15, 0.2) is 42.7 Å². The summed E-state index contributed by atoms with van der Waals surface area (Å²) in [7, 11) is -0.498. The van der Waals surface area contributed by atoms with Crippen molar-refractivity contribution in [2.24, 2.45) is 0 Å². The van der Waals surface area contributed by atoms with Crippen molar-refractivity contribution in [2.45, 2.75) is 64.6 Å². The van der Waals surface area contributed by atoms with Crippen LogP contribution in [0.1, 0.15) is 60.2 Å². The van der Waals surface area contributed by atoms with Gasteiger partial charge in [0.1, 0.15) is 5.92 Å². The van der Waals surface area contributed by atoms with E-state index in [4.69, 9.17) is 9.16 Å². The van der Waals surface area contributed by atoms with Gasteiger partial charge in [-0.15, -0.1) is 0 Å². The van der Waals surface area contributed by atoms with Crippen LogP contribution in [0.25, 0.3) is 0 Å². The molecule has 0 aliphatic rings. The van der Waals surface area contributed by atoms with Crippen molar-refractivity contribution in [3.63, 3.8) is 0 Å². The van der Waals surface area contributed by atoms with Gasteiger partial charge in [-0.05, 0) is 60.7 Å². The first kappa shape index (κ1) is 25.0. The number of ether oxygens (including phenoxy) is 1. The number of methoxy groups -OCH3 is 1. The summed E-state index contributed by atoms with van der Waals surface area (Å²) in [6.07, 6.45) is 4.71. The van der Waals surface area contributed by atoms with E-state index in [-0.39, 0.29) is 10.8 Å². The Hall–Kier alpha value is -2.31. The summed E-state index contributed by atoms with van der Waals surface area (Å²) in [5.41, 5.74) is 2.88. The molecule has 0 saturated heterocycles. The van der Waals surface area contributed by atoms with Gasteiger partial charge in [-0.3, -0.25) is 14.6 Å². The van der Waals surface area contributed by atoms with Crippen molar-refractivity contribution in [3.8, 4) is 0 Å². The Morgan fingerprint density at radius 1 is 1.13 bits per heavy atom. The fourth-order valence-corrected chi connectivity index (χ4v) is 4.32. The number of aromatic nitrogens is 1. The molecular weight excluding hydrogens is 406 g/mol. The van der Waals surface area contributed by atoms with Crippen LogP contribution in [0, 0.1) is 6.92 Å². The van der Waals surface area contributed by atoms with Crippen LogP contribution in [0.3, 0.4) is 0 Å². The quantitative estimate of drug-likeness (QED) is 0.169. The Balaban J connectivity index is 2.22. The second-order valence-corrected chi connectivity index (χ2v) is 14.2. The van der Waals surface area contributed by atoms with Crippen molar-refractivity contribution in [2.75, 3.05) is 13.7 Å². The number of carbonyl (C=O) groups is 2. The predicted octanol–water partition coefficient (Wildman–Crippen LogP) is 5.48. The van der Waals surface area contributed by atoms with Crippen molar-refractivity contribution >= 4 is 20.1 Å². The number of ketones is 1. The first-order valence-corrected chi connectivity index (χ1v) is 13.6. The number of esters is 1. The van der Waals surface area contributed by atoms with Gasteiger partial charge in [0, 0.05) is 24.6 Å². The highest BCUT2D eigenvalue weighted by Crippen LogP contribution is 2.36. The number of hydrogen-bond donors (Lipinski definition) is 0. The van der Waals surface area contributed by atoms with Crippen LogP contribution in [-0.2, 0) is 20.4 Å². The Labute approximate surface area is 187 Å². The molecule has 0 fully saturated rings. The number of nitrogens with zero attached hydrogens (tertiary/aromatic N) is 1. The lowest BCUT2D eigenvalue weighted by molar-refractivity contribution is -0.141. The molecule has 168 valence electrons. The fourth-order valence-electron chi connectivity index (χ4n) is 3.23. The van der Waals surface area contributed by atoms with Gasteiger partial charge < -0.3 is 9.16 Å². The third kappa shape index (κ3) is 6.11. The van der Waals surface area contributed by atoms with Crippen LogP contribution in [-0.4, -0.2) is 38.8 Å². The average Bonchev–Trinajstić information content (AvgIpc) is 2.72. The monoisotopic (exact) mass is 441 g/mol. The third-order valence-electron chi connectivity index (χ3n) is 6.23. The highest BCUT2D eigenvalue weighted by Gasteiger charge is 2.37. The van der Waals surface area contributed by atoms with Gasteiger partial charge in [0.25, 0.3) is 0 Å². The van der Waals surface area contributed by atoms with E-state index in [1.807, 2.05) is 31.2 Å². The first-order chi connectivity index (χ1) is 14.5. The molecule has 1 aromatic carbocycles. The molecule has 0 aliphatic heterocycles. The fraction of sp³-hybridized carbons (Fsp3) is 0.480. The molecule has 0 amide bonds. The van der Waals surface area contributed by atoms with Crippen molar-refractivity contribution < 1.29 is 18.8 Å². The Bertz CT molecular complexity index is 918. The maximum absolute atomic E-state index is 13.5. The van der Waals surface area contributed by atoms with E-state index in [2.05, 4.69) is 38.8 Å². The number of pyridine rings is 1. The smallest absolute Gasteiger partial charge is 0.321 e. The molecule has 1 heterocycles. The van der Waals surface area contributed by atoms with E-state index >= 15 is 0 Å². The molecule has 1 atom stereocenters. The van der Waals surface area contributed by atoms with Crippen molar-refractivity contribution in [1.82, 2.24) is 4.98 Å². The molecule has 1 unspecified atom stereocenters. The van der Waals surface area contributed by atoms with Crippen LogP contribution in [0.5, 0.6) is 0 Å². The maximum atomic E-state index is 13.5. The van der Waals surface area contributed by atoms with Gasteiger partial charge >= 0.3 is 5.97 Å². The number of benzene rings is 1. The lowest BCUT2D eigenvalue weighted by atomic mass is 9.86. The molecule has 0 aliphatic carbocycles. The molecule has 2 aromatic rings. The van der Waals surface area contributed by atoms with Crippen LogP contribution >= 0.6 is 0 Å². The molecule has 6 heteroatoms. The molecular formula is C25H35NO4Si. The molecule has 2 rings (SSSR count). The largest absolute Gasteiger partial charge is 0.468 e. The first-order valence-electron chi connectivity index (χ1n) is 10.7. The standard InChI is InChI=1S/C25H35NO4Si/c1-18-11-8-9-13-20(18)22(24(28)29-5)23(27)21-17-26-15-14-19(21)12-10-16-30-31(6,7)25(2,3)4/h8-9,11,13-15,17,22H,10,12,16H2,1-7H3. The third-order valence-corrected chi connectivity index (χ3v) is 10.8. The van der Waals surface area contributed by atoms with Crippen LogP contribution in [0.2, 0.25) is 18.1 Å². The van der Waals surface area contributed by atoms with Crippen molar-refractivity contribution in [3.05, 3.63) is 65.0 Å². The normalized spacial score (nSPS) is 13.0. The van der Waals surface area contributed by atoms with E-state index in [0.717, 1.165) is 17.5 Å². The summed E-state index contributed by atoms with van der Waals surface area (Å²) in [5.74, 6) is -1.84. The average molecular weight is 442 g/mol. The SMILES string of the molecule is COC(=O)C(C(=O)c1cnccc1CCCO[Si](C)(C)C(C)(C)C)c1ccccc1C. The Kier molecular flexibility index (Phi) is 8.32. The highest BCUT2D eigenvalue weighted by molar-refractivity contribution is 6.74. The molecule has 0 spiro atoms. The van der Waals surface area contributed by atoms with Gasteiger partial charge in [0.2, 0.25) is 0 Å². The van der Waals surface area contributed by atoms with Crippen LogP contribution in [0.4, 0.5) is 0 Å². The van der Waals surface area contributed by atoms with E-state index in [0.29, 0.717) is 24.2 Å².